The second-order valence-electron chi connectivity index (χ2n) is 6.62. The van der Waals surface area contributed by atoms with Crippen molar-refractivity contribution in [1.29, 1.82) is 0 Å². The van der Waals surface area contributed by atoms with Crippen molar-refractivity contribution in [2.45, 2.75) is 26.3 Å². The van der Waals surface area contributed by atoms with Crippen LogP contribution in [0.15, 0.2) is 35.6 Å². The third-order valence-corrected chi connectivity index (χ3v) is 5.26. The topological polar surface area (TPSA) is 105 Å². The van der Waals surface area contributed by atoms with Crippen molar-refractivity contribution < 1.29 is 8.42 Å². The number of aryl methyl sites for hydroxylation is 1. The Morgan fingerprint density at radius 3 is 2.89 bits per heavy atom. The fraction of sp³-hybridized carbons (Fsp3) is 0.500. The number of aromatic nitrogens is 3. The standard InChI is InChI=1S/C18H27N7O2S/c1-3-17-23-21-14-24(17)13-11-20-18(19-9-10-22-28(2,26)27)25-12-8-15-6-4-5-7-16(15)25/h4-7,14,22H,3,8-13H2,1-2H3,(H,19,20). The van der Waals surface area contributed by atoms with Crippen LogP contribution in [-0.4, -0.2) is 61.6 Å². The first-order valence-corrected chi connectivity index (χ1v) is 11.3. The largest absolute Gasteiger partial charge is 0.354 e. The highest BCUT2D eigenvalue weighted by Crippen LogP contribution is 2.27. The van der Waals surface area contributed by atoms with Crippen molar-refractivity contribution in [2.24, 2.45) is 4.99 Å². The van der Waals surface area contributed by atoms with Gasteiger partial charge in [-0.1, -0.05) is 25.1 Å². The zero-order valence-electron chi connectivity index (χ0n) is 16.3. The third-order valence-electron chi connectivity index (χ3n) is 4.53. The predicted octanol–water partition coefficient (Wildman–Crippen LogP) is 0.398. The number of para-hydroxylation sites is 1. The van der Waals surface area contributed by atoms with E-state index in [1.165, 1.54) is 5.56 Å². The number of fused-ring (bicyclic) bond motifs is 1. The SMILES string of the molecule is CCc1nncn1CCNC(=NCCNS(C)(=O)=O)N1CCc2ccccc21. The van der Waals surface area contributed by atoms with Crippen LogP contribution in [0.5, 0.6) is 0 Å². The fourth-order valence-electron chi connectivity index (χ4n) is 3.22. The Morgan fingerprint density at radius 2 is 2.11 bits per heavy atom. The first kappa shape index (κ1) is 20.3. The lowest BCUT2D eigenvalue weighted by molar-refractivity contribution is 0.588. The van der Waals surface area contributed by atoms with Gasteiger partial charge in [-0.2, -0.15) is 0 Å². The number of sulfonamides is 1. The second-order valence-corrected chi connectivity index (χ2v) is 8.46. The van der Waals surface area contributed by atoms with Crippen molar-refractivity contribution in [2.75, 3.05) is 37.3 Å². The summed E-state index contributed by atoms with van der Waals surface area (Å²) in [6.45, 7) is 4.93. The van der Waals surface area contributed by atoms with E-state index in [1.54, 1.807) is 6.33 Å². The quantitative estimate of drug-likeness (QED) is 0.374. The molecule has 0 unspecified atom stereocenters. The van der Waals surface area contributed by atoms with Crippen LogP contribution in [0.2, 0.25) is 0 Å². The average Bonchev–Trinajstić information content (AvgIpc) is 3.29. The van der Waals surface area contributed by atoms with Gasteiger partial charge in [0.15, 0.2) is 5.96 Å². The molecule has 1 aliphatic rings. The van der Waals surface area contributed by atoms with E-state index in [-0.39, 0.29) is 6.54 Å². The molecule has 9 nitrogen and oxygen atoms in total. The Balaban J connectivity index is 1.68. The summed E-state index contributed by atoms with van der Waals surface area (Å²) in [5, 5.41) is 11.5. The van der Waals surface area contributed by atoms with Crippen molar-refractivity contribution >= 4 is 21.7 Å². The van der Waals surface area contributed by atoms with Crippen molar-refractivity contribution in [3.05, 3.63) is 42.0 Å². The Bertz CT molecular complexity index is 924. The average molecular weight is 406 g/mol. The van der Waals surface area contributed by atoms with Gasteiger partial charge in [0, 0.05) is 38.3 Å². The summed E-state index contributed by atoms with van der Waals surface area (Å²) in [5.74, 6) is 1.70. The van der Waals surface area contributed by atoms with E-state index in [2.05, 4.69) is 49.2 Å². The van der Waals surface area contributed by atoms with Gasteiger partial charge in [0.2, 0.25) is 10.0 Å². The lowest BCUT2D eigenvalue weighted by Gasteiger charge is -2.23. The highest BCUT2D eigenvalue weighted by Gasteiger charge is 2.22. The number of aliphatic imine (C=N–C) groups is 1. The van der Waals surface area contributed by atoms with Crippen LogP contribution in [0.25, 0.3) is 0 Å². The summed E-state index contributed by atoms with van der Waals surface area (Å²) in [7, 11) is -3.21. The molecule has 0 saturated heterocycles. The Labute approximate surface area is 165 Å². The van der Waals surface area contributed by atoms with E-state index in [0.717, 1.165) is 49.7 Å². The minimum absolute atomic E-state index is 0.269. The molecule has 0 aliphatic carbocycles. The van der Waals surface area contributed by atoms with Crippen LogP contribution >= 0.6 is 0 Å². The van der Waals surface area contributed by atoms with Gasteiger partial charge in [-0.25, -0.2) is 13.1 Å². The molecular formula is C18H27N7O2S. The van der Waals surface area contributed by atoms with E-state index in [0.29, 0.717) is 13.1 Å². The van der Waals surface area contributed by atoms with Gasteiger partial charge in [-0.3, -0.25) is 4.99 Å². The predicted molar refractivity (Wildman–Crippen MR) is 110 cm³/mol. The van der Waals surface area contributed by atoms with Gasteiger partial charge in [0.25, 0.3) is 0 Å². The van der Waals surface area contributed by atoms with E-state index in [9.17, 15) is 8.42 Å². The minimum atomic E-state index is -3.21. The molecule has 1 aromatic heterocycles. The molecule has 3 rings (SSSR count). The van der Waals surface area contributed by atoms with E-state index >= 15 is 0 Å². The normalized spacial score (nSPS) is 14.4. The smallest absolute Gasteiger partial charge is 0.208 e. The molecule has 0 fully saturated rings. The molecule has 0 bridgehead atoms. The first-order chi connectivity index (χ1) is 13.5. The zero-order valence-corrected chi connectivity index (χ0v) is 17.1. The van der Waals surface area contributed by atoms with E-state index < -0.39 is 10.0 Å². The molecule has 0 spiro atoms. The van der Waals surface area contributed by atoms with Crippen molar-refractivity contribution in [1.82, 2.24) is 24.8 Å². The Morgan fingerprint density at radius 1 is 1.29 bits per heavy atom. The molecule has 1 aromatic carbocycles. The van der Waals surface area contributed by atoms with Gasteiger partial charge < -0.3 is 14.8 Å². The number of rotatable bonds is 8. The maximum atomic E-state index is 11.3. The lowest BCUT2D eigenvalue weighted by Crippen LogP contribution is -2.42. The van der Waals surface area contributed by atoms with Crippen LogP contribution in [0.3, 0.4) is 0 Å². The summed E-state index contributed by atoms with van der Waals surface area (Å²) >= 11 is 0. The van der Waals surface area contributed by atoms with E-state index in [4.69, 9.17) is 0 Å². The molecule has 0 amide bonds. The molecule has 0 radical (unpaired) electrons. The Hall–Kier alpha value is -2.46. The fourth-order valence-corrected chi connectivity index (χ4v) is 3.68. The van der Waals surface area contributed by atoms with Crippen LogP contribution in [0.1, 0.15) is 18.3 Å². The second kappa shape index (κ2) is 9.16. The third kappa shape index (κ3) is 5.29. The number of nitrogens with zero attached hydrogens (tertiary/aromatic N) is 5. The highest BCUT2D eigenvalue weighted by molar-refractivity contribution is 7.88. The molecule has 2 heterocycles. The van der Waals surface area contributed by atoms with Gasteiger partial charge >= 0.3 is 0 Å². The molecule has 1 aliphatic heterocycles. The maximum absolute atomic E-state index is 11.3. The summed E-state index contributed by atoms with van der Waals surface area (Å²) in [6.07, 6.45) is 4.68. The van der Waals surface area contributed by atoms with Gasteiger partial charge in [-0.05, 0) is 18.1 Å². The summed E-state index contributed by atoms with van der Waals surface area (Å²) in [5.41, 5.74) is 2.43. The van der Waals surface area contributed by atoms with Crippen LogP contribution in [-0.2, 0) is 29.4 Å². The van der Waals surface area contributed by atoms with Crippen LogP contribution in [0, 0.1) is 0 Å². The monoisotopic (exact) mass is 405 g/mol. The zero-order chi connectivity index (χ0) is 20.0. The summed E-state index contributed by atoms with van der Waals surface area (Å²) in [4.78, 5) is 6.79. The summed E-state index contributed by atoms with van der Waals surface area (Å²) in [6, 6.07) is 8.28. The molecule has 2 N–H and O–H groups in total. The molecule has 152 valence electrons. The van der Waals surface area contributed by atoms with Crippen LogP contribution in [0.4, 0.5) is 5.69 Å². The number of anilines is 1. The molecule has 0 saturated carbocycles. The van der Waals surface area contributed by atoms with Crippen LogP contribution < -0.4 is 14.9 Å². The molecule has 2 aromatic rings. The van der Waals surface area contributed by atoms with Gasteiger partial charge in [0.1, 0.15) is 12.2 Å². The first-order valence-electron chi connectivity index (χ1n) is 9.43. The lowest BCUT2D eigenvalue weighted by atomic mass is 10.2. The molecule has 0 atom stereocenters. The maximum Gasteiger partial charge on any atom is 0.208 e. The van der Waals surface area contributed by atoms with Crippen molar-refractivity contribution in [3.63, 3.8) is 0 Å². The highest BCUT2D eigenvalue weighted by atomic mass is 32.2. The number of guanidine groups is 1. The number of hydrogen-bond donors (Lipinski definition) is 2. The van der Waals surface area contributed by atoms with Gasteiger partial charge in [0.05, 0.1) is 12.8 Å². The number of nitrogens with one attached hydrogen (secondary N) is 2. The Kier molecular flexibility index (Phi) is 6.63. The number of hydrogen-bond acceptors (Lipinski definition) is 5. The van der Waals surface area contributed by atoms with Gasteiger partial charge in [-0.15, -0.1) is 10.2 Å². The summed E-state index contributed by atoms with van der Waals surface area (Å²) < 4.78 is 27.0. The number of benzene rings is 1. The van der Waals surface area contributed by atoms with Crippen molar-refractivity contribution in [3.8, 4) is 0 Å². The minimum Gasteiger partial charge on any atom is -0.354 e. The molecule has 28 heavy (non-hydrogen) atoms. The molecular weight excluding hydrogens is 378 g/mol. The van der Waals surface area contributed by atoms with E-state index in [1.807, 2.05) is 16.7 Å². The molecule has 10 heteroatoms.